The number of nitrogens with two attached hydrogens (primary N) is 3. The van der Waals surface area contributed by atoms with Crippen LogP contribution in [0.3, 0.4) is 0 Å². The van der Waals surface area contributed by atoms with Gasteiger partial charge >= 0.3 is 6.09 Å². The van der Waals surface area contributed by atoms with E-state index >= 15 is 0 Å². The molecule has 764 valence electrons. The van der Waals surface area contributed by atoms with E-state index in [4.69, 9.17) is 33.8 Å². The maximum atomic E-state index is 14.0. The standard InChI is InChI=1S/C21H23N3O.C20H17F2N3O3S.C19H17ClN4O3S.C16H19N5O.C15H17N5O3.C14H15N5O2/c1-15(25)10-19-11-16(6-7-22-19)18-12-20-17(4-5-21(20)23-13-18)14-24-8-2-3-9-24;1-12-16(11-29(27,28)19-9-17(21)3-4-18(19)22)7-15(10-24-12)14-5-6-23-20(8-14)25-13(2)26;1-12-10-21-18(23-13(2)25)9-16(12)14-8-17(19(20)22-11-14)24-28(26,27)15-6-4-3-5-7-15;1-10(22)21-15-7-12(4-5-18-15)13-6-14(17)16(20-9-13)19-8-11-2-3-11;1-20(2)14(21)11-6-10(8-18-13(11)16)9-4-5-17-12(7-9)19-15(22)23-3;1-8(20)19-12-6-9(3-4-17-12)10-5-11(14(21)16-2)13(15)18-7-10/h4,6-7,11-13H,2-3,5,8-10,14H2,1H3;3-10H,11H2,1-2H3,(H,23,25,26);3-11,24H,1-2H3,(H,21,23,25);4-7,9,11H,2-3,8,17H2,1H3,(H,19,20)(H,18,21,22);4-8H,1-3H3,(H2,16,18)(H,17,19,22);3-7H,1-2H3,(H2,15,18)(H,16,21)(H,17,19,20). The molecule has 0 spiro atoms. The number of Topliss-reactive ketones (excluding diaryl/α,β-unsaturated/α-hetero) is 1. The van der Waals surface area contributed by atoms with Crippen LogP contribution in [0.4, 0.5) is 71.5 Å². The van der Waals surface area contributed by atoms with Crippen molar-refractivity contribution in [2.75, 3.05) is 108 Å². The van der Waals surface area contributed by atoms with E-state index in [1.165, 1.54) is 133 Å². The van der Waals surface area contributed by atoms with Gasteiger partial charge in [0, 0.05) is 199 Å². The van der Waals surface area contributed by atoms with E-state index in [0.29, 0.717) is 97.5 Å². The Bertz CT molecular complexity index is 7580. The highest BCUT2D eigenvalue weighted by atomic mass is 35.5. The number of nitrogen functional groups attached to an aromatic ring is 3. The summed E-state index contributed by atoms with van der Waals surface area (Å²) in [5.74, 6) is 0.130. The van der Waals surface area contributed by atoms with Crippen LogP contribution >= 0.6 is 11.6 Å². The monoisotopic (exact) mass is 2060 g/mol. The van der Waals surface area contributed by atoms with Gasteiger partial charge in [0.15, 0.2) is 15.0 Å². The summed E-state index contributed by atoms with van der Waals surface area (Å²) in [6, 6.07) is 40.4. The second kappa shape index (κ2) is 50.8. The molecule has 0 radical (unpaired) electrons. The molecule has 148 heavy (non-hydrogen) atoms. The Morgan fingerprint density at radius 2 is 1.01 bits per heavy atom. The van der Waals surface area contributed by atoms with E-state index in [1.54, 1.807) is 169 Å². The Morgan fingerprint density at radius 1 is 0.514 bits per heavy atom. The maximum absolute atomic E-state index is 14.0. The molecule has 2 aromatic carbocycles. The first kappa shape index (κ1) is 110. The highest BCUT2D eigenvalue weighted by Gasteiger charge is 2.27. The molecular weight excluding hydrogens is 1960 g/mol. The van der Waals surface area contributed by atoms with E-state index in [0.717, 1.165) is 93.6 Å². The highest BCUT2D eigenvalue weighted by Crippen LogP contribution is 2.37. The molecule has 0 bridgehead atoms. The van der Waals surface area contributed by atoms with Gasteiger partial charge in [0.1, 0.15) is 68.9 Å². The van der Waals surface area contributed by atoms with Gasteiger partial charge in [-0.25, -0.2) is 75.3 Å². The van der Waals surface area contributed by atoms with E-state index in [1.807, 2.05) is 37.4 Å². The van der Waals surface area contributed by atoms with Gasteiger partial charge < -0.3 is 58.7 Å². The van der Waals surface area contributed by atoms with Gasteiger partial charge in [0.2, 0.25) is 23.6 Å². The first-order valence-electron chi connectivity index (χ1n) is 46.1. The number of aryl methyl sites for hydroxylation is 2. The minimum Gasteiger partial charge on any atom is -0.453 e. The number of halogens is 3. The van der Waals surface area contributed by atoms with Crippen LogP contribution in [0.15, 0.2) is 242 Å². The number of hydrogen-bond donors (Lipinski definition) is 11. The van der Waals surface area contributed by atoms with E-state index < -0.39 is 48.2 Å². The number of amides is 7. The number of likely N-dealkylation sites (tertiary alicyclic amines) is 1. The fraction of sp³-hybridized carbons (Fsp3) is 0.219. The molecule has 7 amide bonds. The number of pyridine rings is 12. The number of sulfone groups is 1. The number of anilines is 10. The van der Waals surface area contributed by atoms with E-state index in [2.05, 4.69) is 119 Å². The van der Waals surface area contributed by atoms with Gasteiger partial charge in [-0.1, -0.05) is 35.9 Å². The number of carbonyl (C=O) groups excluding carboxylic acids is 8. The number of benzene rings is 2. The zero-order valence-corrected chi connectivity index (χ0v) is 84.9. The summed E-state index contributed by atoms with van der Waals surface area (Å²) in [4.78, 5) is 145. The lowest BCUT2D eigenvalue weighted by atomic mass is 10.0. The second-order valence-corrected chi connectivity index (χ2v) is 38.4. The molecule has 1 saturated heterocycles. The maximum Gasteiger partial charge on any atom is 0.412 e. The molecule has 38 nitrogen and oxygen atoms in total. The van der Waals surface area contributed by atoms with Crippen LogP contribution in [0.5, 0.6) is 0 Å². The lowest BCUT2D eigenvalue weighted by molar-refractivity contribution is -0.117. The number of nitrogens with one attached hydrogen (secondary N) is 8. The molecule has 14 aromatic rings. The smallest absolute Gasteiger partial charge is 0.412 e. The average Bonchev–Trinajstić information content (AvgIpc) is 1.04. The van der Waals surface area contributed by atoms with Crippen LogP contribution in [0, 0.1) is 31.4 Å². The molecule has 2 fully saturated rings. The molecule has 0 unspecified atom stereocenters. The lowest BCUT2D eigenvalue weighted by Gasteiger charge is -2.16. The highest BCUT2D eigenvalue weighted by molar-refractivity contribution is 7.92. The van der Waals surface area contributed by atoms with E-state index in [9.17, 15) is 64.0 Å². The van der Waals surface area contributed by atoms with Crippen molar-refractivity contribution >= 4 is 142 Å². The number of sulfonamides is 1. The van der Waals surface area contributed by atoms with Crippen LogP contribution in [0.2, 0.25) is 5.15 Å². The van der Waals surface area contributed by atoms with Gasteiger partial charge in [-0.2, -0.15) is 0 Å². The molecule has 2 aliphatic carbocycles. The average molecular weight is 2070 g/mol. The van der Waals surface area contributed by atoms with Crippen LogP contribution in [-0.2, 0) is 67.2 Å². The van der Waals surface area contributed by atoms with Crippen LogP contribution in [-0.4, -0.2) is 188 Å². The number of carbonyl (C=O) groups is 8. The summed E-state index contributed by atoms with van der Waals surface area (Å²) in [5.41, 5.74) is 34.7. The molecule has 1 aliphatic heterocycles. The van der Waals surface area contributed by atoms with Gasteiger partial charge in [-0.15, -0.1) is 0 Å². The van der Waals surface area contributed by atoms with Crippen molar-refractivity contribution in [1.29, 1.82) is 0 Å². The predicted octanol–water partition coefficient (Wildman–Crippen LogP) is 16.0. The third-order valence-electron chi connectivity index (χ3n) is 22.5. The summed E-state index contributed by atoms with van der Waals surface area (Å²) in [6.45, 7) is 15.1. The molecule has 43 heteroatoms. The zero-order chi connectivity index (χ0) is 107. The van der Waals surface area contributed by atoms with Crippen molar-refractivity contribution in [1.82, 2.24) is 74.9 Å². The topological polar surface area (TPSA) is 550 Å². The minimum absolute atomic E-state index is 0.0250. The molecule has 14 N–H and O–H groups in total. The number of methoxy groups -OCH3 is 1. The third kappa shape index (κ3) is 31.4. The number of allylic oxidation sites excluding steroid dienone is 1. The van der Waals surface area contributed by atoms with E-state index in [-0.39, 0.29) is 68.6 Å². The molecule has 3 aliphatic rings. The zero-order valence-electron chi connectivity index (χ0n) is 82.5. The first-order valence-corrected chi connectivity index (χ1v) is 49.6. The first-order chi connectivity index (χ1) is 70.6. The van der Waals surface area contributed by atoms with Crippen LogP contribution in [0.25, 0.3) is 72.3 Å². The Labute approximate surface area is 858 Å². The molecule has 0 atom stereocenters. The molecule has 13 heterocycles. The van der Waals surface area contributed by atoms with Crippen molar-refractivity contribution in [3.63, 3.8) is 0 Å². The number of hydrogen-bond acceptors (Lipinski definition) is 30. The fourth-order valence-corrected chi connectivity index (χ4v) is 17.8. The number of ketones is 1. The minimum atomic E-state index is -4.14. The predicted molar refractivity (Wildman–Crippen MR) is 565 cm³/mol. The van der Waals surface area contributed by atoms with Crippen molar-refractivity contribution in [3.8, 4) is 66.8 Å². The molecule has 1 saturated carbocycles. The number of rotatable bonds is 26. The Morgan fingerprint density at radius 3 is 1.55 bits per heavy atom. The molecule has 12 aromatic heterocycles. The number of ether oxygens (including phenoxy) is 1. The van der Waals surface area contributed by atoms with Gasteiger partial charge in [0.25, 0.3) is 21.8 Å². The largest absolute Gasteiger partial charge is 0.453 e. The number of nitrogens with zero attached hydrogens (tertiary/aromatic N) is 14. The lowest BCUT2D eigenvalue weighted by Crippen LogP contribution is -2.23. The Kier molecular flexibility index (Phi) is 37.6. The van der Waals surface area contributed by atoms with Crippen molar-refractivity contribution in [3.05, 3.63) is 294 Å². The normalized spacial score (nSPS) is 12.2. The Hall–Kier alpha value is -17.3. The summed E-state index contributed by atoms with van der Waals surface area (Å²) in [5, 5.41) is 18.8. The Balaban J connectivity index is 0.000000158. The quantitative estimate of drug-likeness (QED) is 0.0224. The summed E-state index contributed by atoms with van der Waals surface area (Å²) in [7, 11) is -1.88. The number of aromatic nitrogens is 12. The van der Waals surface area contributed by atoms with Crippen LogP contribution in [0.1, 0.15) is 115 Å². The van der Waals surface area contributed by atoms with Gasteiger partial charge in [0.05, 0.1) is 46.0 Å². The van der Waals surface area contributed by atoms with Crippen molar-refractivity contribution in [2.24, 2.45) is 5.92 Å². The summed E-state index contributed by atoms with van der Waals surface area (Å²) < 4.78 is 84.9. The SMILES string of the molecule is CC(=O)Cc1cc(-c2cnc3c(c2)C(CN2CCCC2)=CC3)ccn1.CC(=O)Nc1cc(-c2cnc(C)c(CS(=O)(=O)c3cc(F)ccc3F)c2)ccn1.CC(=O)Nc1cc(-c2cnc(Cl)c(NS(=O)(=O)c3ccccc3)c2)c(C)cn1.CC(=O)Nc1cc(-c2cnc(NCC3CC3)c(N)c2)ccn1.CNC(=O)c1cc(-c2ccnc(NC(C)=O)c2)cnc1N.COC(=O)Nc1cc(-c2cnc(N)c(C(=O)N(C)C)c2)ccn1. The fourth-order valence-electron chi connectivity index (χ4n) is 15.0. The van der Waals surface area contributed by atoms with Crippen molar-refractivity contribution < 1.29 is 68.7 Å². The number of fused-ring (bicyclic) bond motifs is 1. The van der Waals surface area contributed by atoms with Gasteiger partial charge in [-0.05, 0) is 249 Å². The van der Waals surface area contributed by atoms with Crippen LogP contribution < -0.4 is 59.1 Å². The van der Waals surface area contributed by atoms with Gasteiger partial charge in [-0.3, -0.25) is 63.5 Å². The second-order valence-electron chi connectivity index (χ2n) is 34.4. The molecular formula is C105H108ClF2N25O13S2. The summed E-state index contributed by atoms with van der Waals surface area (Å²) in [6.07, 6.45) is 27.8. The third-order valence-corrected chi connectivity index (χ3v) is 25.8. The van der Waals surface area contributed by atoms with Crippen molar-refractivity contribution in [2.45, 2.75) is 103 Å². The summed E-state index contributed by atoms with van der Waals surface area (Å²) >= 11 is 6.11. The molecule has 17 rings (SSSR count).